The van der Waals surface area contributed by atoms with Crippen molar-refractivity contribution in [2.24, 2.45) is 0 Å². The Labute approximate surface area is 153 Å². The number of aliphatic carboxylic acids is 1. The van der Waals surface area contributed by atoms with Crippen molar-refractivity contribution >= 4 is 40.9 Å². The molecule has 0 aliphatic carbocycles. The summed E-state index contributed by atoms with van der Waals surface area (Å²) in [5, 5.41) is 8.07. The molecule has 9 heteroatoms. The maximum Gasteiger partial charge on any atom is 0.341 e. The number of carboxylic acid groups (broad SMARTS) is 1. The van der Waals surface area contributed by atoms with Gasteiger partial charge in [-0.1, -0.05) is 12.1 Å². The van der Waals surface area contributed by atoms with Crippen molar-refractivity contribution in [1.29, 1.82) is 0 Å². The highest BCUT2D eigenvalue weighted by molar-refractivity contribution is 8.18. The number of esters is 1. The number of carbonyl (C=O) groups is 4. The standard InChI is InChI=1S/C17H17NO7S/c1-10(2)25-15(21)8-18-16(22)13(26-17(18)23)7-11-4-3-5-12(6-11)24-9-14(19)20/h3-7,10H,8-9H2,1-2H3,(H,19,20)/b13-7-. The van der Waals surface area contributed by atoms with Crippen LogP contribution in [0.1, 0.15) is 19.4 Å². The molecule has 1 N–H and O–H groups in total. The van der Waals surface area contributed by atoms with Gasteiger partial charge in [0.25, 0.3) is 11.1 Å². The summed E-state index contributed by atoms with van der Waals surface area (Å²) >= 11 is 0.717. The number of ether oxygens (including phenoxy) is 2. The first-order valence-corrected chi connectivity index (χ1v) is 8.47. The summed E-state index contributed by atoms with van der Waals surface area (Å²) in [4.78, 5) is 47.5. The van der Waals surface area contributed by atoms with Crippen LogP contribution in [0, 0.1) is 0 Å². The molecule has 0 aromatic heterocycles. The number of carboxylic acids is 1. The van der Waals surface area contributed by atoms with Crippen molar-refractivity contribution in [3.8, 4) is 5.75 Å². The second-order valence-electron chi connectivity index (χ2n) is 5.56. The first-order chi connectivity index (χ1) is 12.3. The Morgan fingerprint density at radius 2 is 2.04 bits per heavy atom. The summed E-state index contributed by atoms with van der Waals surface area (Å²) in [6, 6.07) is 6.43. The molecule has 8 nitrogen and oxygen atoms in total. The molecule has 0 radical (unpaired) electrons. The zero-order chi connectivity index (χ0) is 19.3. The lowest BCUT2D eigenvalue weighted by Crippen LogP contribution is -2.35. The SMILES string of the molecule is CC(C)OC(=O)CN1C(=O)S/C(=C\c2cccc(OCC(=O)O)c2)C1=O. The van der Waals surface area contributed by atoms with Crippen molar-refractivity contribution in [2.75, 3.05) is 13.2 Å². The molecular weight excluding hydrogens is 362 g/mol. The highest BCUT2D eigenvalue weighted by atomic mass is 32.2. The van der Waals surface area contributed by atoms with E-state index in [1.54, 1.807) is 38.1 Å². The van der Waals surface area contributed by atoms with Gasteiger partial charge in [0.15, 0.2) is 6.61 Å². The van der Waals surface area contributed by atoms with Crippen molar-refractivity contribution in [1.82, 2.24) is 4.90 Å². The summed E-state index contributed by atoms with van der Waals surface area (Å²) in [7, 11) is 0. The number of carbonyl (C=O) groups excluding carboxylic acids is 3. The molecule has 0 atom stereocenters. The van der Waals surface area contributed by atoms with Gasteiger partial charge in [-0.15, -0.1) is 0 Å². The molecule has 0 spiro atoms. The predicted molar refractivity (Wildman–Crippen MR) is 93.5 cm³/mol. The fourth-order valence-electron chi connectivity index (χ4n) is 2.06. The van der Waals surface area contributed by atoms with Crippen LogP contribution in [0.2, 0.25) is 0 Å². The molecule has 1 heterocycles. The van der Waals surface area contributed by atoms with E-state index in [9.17, 15) is 19.2 Å². The second-order valence-corrected chi connectivity index (χ2v) is 6.55. The van der Waals surface area contributed by atoms with Crippen LogP contribution < -0.4 is 4.74 Å². The van der Waals surface area contributed by atoms with Gasteiger partial charge in [0, 0.05) is 0 Å². The van der Waals surface area contributed by atoms with Gasteiger partial charge in [0.05, 0.1) is 11.0 Å². The molecule has 0 unspecified atom stereocenters. The monoisotopic (exact) mass is 379 g/mol. The lowest BCUT2D eigenvalue weighted by molar-refractivity contribution is -0.149. The molecule has 1 aliphatic rings. The van der Waals surface area contributed by atoms with E-state index in [2.05, 4.69) is 0 Å². The fraction of sp³-hybridized carbons (Fsp3) is 0.294. The maximum absolute atomic E-state index is 12.3. The molecule has 0 bridgehead atoms. The third-order valence-electron chi connectivity index (χ3n) is 3.05. The molecule has 1 saturated heterocycles. The third-order valence-corrected chi connectivity index (χ3v) is 3.95. The maximum atomic E-state index is 12.3. The van der Waals surface area contributed by atoms with Crippen molar-refractivity contribution in [2.45, 2.75) is 20.0 Å². The minimum Gasteiger partial charge on any atom is -0.482 e. The van der Waals surface area contributed by atoms with Gasteiger partial charge < -0.3 is 14.6 Å². The Morgan fingerprint density at radius 3 is 2.69 bits per heavy atom. The summed E-state index contributed by atoms with van der Waals surface area (Å²) in [6.45, 7) is 2.41. The van der Waals surface area contributed by atoms with E-state index < -0.39 is 36.2 Å². The number of thioether (sulfide) groups is 1. The molecule has 2 amide bonds. The van der Waals surface area contributed by atoms with E-state index in [1.807, 2.05) is 0 Å². The molecule has 138 valence electrons. The van der Waals surface area contributed by atoms with E-state index >= 15 is 0 Å². The van der Waals surface area contributed by atoms with Crippen LogP contribution in [0.5, 0.6) is 5.75 Å². The Kier molecular flexibility index (Phi) is 6.40. The van der Waals surface area contributed by atoms with Crippen LogP contribution in [0.3, 0.4) is 0 Å². The van der Waals surface area contributed by atoms with Crippen molar-refractivity contribution in [3.05, 3.63) is 34.7 Å². The average Bonchev–Trinajstić information content (AvgIpc) is 2.80. The number of hydrogen-bond acceptors (Lipinski definition) is 7. The zero-order valence-corrected chi connectivity index (χ0v) is 14.9. The molecule has 26 heavy (non-hydrogen) atoms. The van der Waals surface area contributed by atoms with E-state index in [0.29, 0.717) is 11.3 Å². The number of rotatable bonds is 7. The summed E-state index contributed by atoms with van der Waals surface area (Å²) in [6.07, 6.45) is 1.14. The molecule has 1 aromatic carbocycles. The van der Waals surface area contributed by atoms with Crippen LogP contribution in [0.25, 0.3) is 6.08 Å². The van der Waals surface area contributed by atoms with Gasteiger partial charge in [-0.05, 0) is 49.4 Å². The number of benzene rings is 1. The quantitative estimate of drug-likeness (QED) is 0.567. The number of hydrogen-bond donors (Lipinski definition) is 1. The average molecular weight is 379 g/mol. The van der Waals surface area contributed by atoms with E-state index in [4.69, 9.17) is 14.6 Å². The van der Waals surface area contributed by atoms with Crippen LogP contribution in [-0.2, 0) is 19.1 Å². The normalized spacial score (nSPS) is 15.7. The topological polar surface area (TPSA) is 110 Å². The van der Waals surface area contributed by atoms with E-state index in [1.165, 1.54) is 6.08 Å². The van der Waals surface area contributed by atoms with E-state index in [0.717, 1.165) is 16.7 Å². The number of amides is 2. The Balaban J connectivity index is 2.10. The molecule has 0 saturated carbocycles. The lowest BCUT2D eigenvalue weighted by atomic mass is 10.2. The highest BCUT2D eigenvalue weighted by Gasteiger charge is 2.36. The van der Waals surface area contributed by atoms with Gasteiger partial charge in [-0.25, -0.2) is 4.79 Å². The summed E-state index contributed by atoms with van der Waals surface area (Å²) in [5.41, 5.74) is 0.558. The first kappa shape index (κ1) is 19.5. The Morgan fingerprint density at radius 1 is 1.31 bits per heavy atom. The Hall–Kier alpha value is -2.81. The second kappa shape index (κ2) is 8.52. The lowest BCUT2D eigenvalue weighted by Gasteiger charge is -2.13. The molecule has 1 aromatic rings. The van der Waals surface area contributed by atoms with E-state index in [-0.39, 0.29) is 11.0 Å². The molecule has 1 aliphatic heterocycles. The summed E-state index contributed by atoms with van der Waals surface area (Å²) in [5.74, 6) is -2.03. The van der Waals surface area contributed by atoms with Gasteiger partial charge >= 0.3 is 11.9 Å². The van der Waals surface area contributed by atoms with Crippen LogP contribution in [0.4, 0.5) is 4.79 Å². The van der Waals surface area contributed by atoms with Crippen LogP contribution >= 0.6 is 11.8 Å². The predicted octanol–water partition coefficient (Wildman–Crippen LogP) is 2.14. The number of nitrogens with zero attached hydrogens (tertiary/aromatic N) is 1. The Bertz CT molecular complexity index is 772. The first-order valence-electron chi connectivity index (χ1n) is 7.65. The van der Waals surface area contributed by atoms with Gasteiger partial charge in [0.2, 0.25) is 0 Å². The van der Waals surface area contributed by atoms with Gasteiger partial charge in [-0.3, -0.25) is 19.3 Å². The molecule has 2 rings (SSSR count). The largest absolute Gasteiger partial charge is 0.482 e. The minimum atomic E-state index is -1.11. The molecule has 1 fully saturated rings. The smallest absolute Gasteiger partial charge is 0.341 e. The number of imide groups is 1. The zero-order valence-electron chi connectivity index (χ0n) is 14.1. The summed E-state index contributed by atoms with van der Waals surface area (Å²) < 4.78 is 10.0. The molecular formula is C17H17NO7S. The highest BCUT2D eigenvalue weighted by Crippen LogP contribution is 2.32. The third kappa shape index (κ3) is 5.35. The van der Waals surface area contributed by atoms with Gasteiger partial charge in [-0.2, -0.15) is 0 Å². The minimum absolute atomic E-state index is 0.155. The van der Waals surface area contributed by atoms with Crippen LogP contribution in [-0.4, -0.2) is 52.3 Å². The van der Waals surface area contributed by atoms with Gasteiger partial charge in [0.1, 0.15) is 12.3 Å². The fourth-order valence-corrected chi connectivity index (χ4v) is 2.89. The van der Waals surface area contributed by atoms with Crippen molar-refractivity contribution in [3.63, 3.8) is 0 Å². The van der Waals surface area contributed by atoms with Crippen molar-refractivity contribution < 1.29 is 33.8 Å². The van der Waals surface area contributed by atoms with Crippen LogP contribution in [0.15, 0.2) is 29.2 Å².